The highest BCUT2D eigenvalue weighted by atomic mass is 35.5. The van der Waals surface area contributed by atoms with Crippen molar-refractivity contribution in [2.75, 3.05) is 7.11 Å². The van der Waals surface area contributed by atoms with Gasteiger partial charge in [0.05, 0.1) is 12.1 Å². The van der Waals surface area contributed by atoms with E-state index in [1.165, 1.54) is 14.0 Å². The van der Waals surface area contributed by atoms with Crippen molar-refractivity contribution in [3.05, 3.63) is 34.0 Å². The molecule has 0 amide bonds. The summed E-state index contributed by atoms with van der Waals surface area (Å²) in [7, 11) is 1.38. The van der Waals surface area contributed by atoms with Gasteiger partial charge in [0.1, 0.15) is 17.0 Å². The maximum atomic E-state index is 12.9. The summed E-state index contributed by atoms with van der Waals surface area (Å²) < 4.78 is 43.8. The predicted molar refractivity (Wildman–Crippen MR) is 67.8 cm³/mol. The zero-order valence-electron chi connectivity index (χ0n) is 10.5. The maximum Gasteiger partial charge on any atom is 0.433 e. The Hall–Kier alpha value is -1.49. The standard InChI is InChI=1S/C13H11ClF3NO/c1-6-4-5-8(19-3)11-9(6)10(14)7(2)12(18-11)13(15,16)17/h4-5H,1-3H3. The van der Waals surface area contributed by atoms with E-state index in [1.54, 1.807) is 19.1 Å². The summed E-state index contributed by atoms with van der Waals surface area (Å²) in [6, 6.07) is 3.32. The van der Waals surface area contributed by atoms with Crippen LogP contribution in [0, 0.1) is 13.8 Å². The lowest BCUT2D eigenvalue weighted by Gasteiger charge is -2.15. The minimum absolute atomic E-state index is 0.0636. The molecule has 0 saturated heterocycles. The molecule has 6 heteroatoms. The zero-order chi connectivity index (χ0) is 14.4. The Morgan fingerprint density at radius 3 is 2.37 bits per heavy atom. The molecule has 1 aromatic heterocycles. The molecule has 0 spiro atoms. The normalized spacial score (nSPS) is 11.9. The lowest BCUT2D eigenvalue weighted by molar-refractivity contribution is -0.141. The van der Waals surface area contributed by atoms with E-state index in [9.17, 15) is 13.2 Å². The van der Waals surface area contributed by atoms with Crippen molar-refractivity contribution >= 4 is 22.5 Å². The van der Waals surface area contributed by atoms with E-state index < -0.39 is 11.9 Å². The van der Waals surface area contributed by atoms with E-state index in [0.717, 1.165) is 5.56 Å². The van der Waals surface area contributed by atoms with Crippen molar-refractivity contribution in [2.45, 2.75) is 20.0 Å². The number of ether oxygens (including phenoxy) is 1. The van der Waals surface area contributed by atoms with Gasteiger partial charge in [0.25, 0.3) is 0 Å². The van der Waals surface area contributed by atoms with E-state index in [2.05, 4.69) is 4.98 Å². The van der Waals surface area contributed by atoms with Crippen LogP contribution in [0.5, 0.6) is 5.75 Å². The van der Waals surface area contributed by atoms with Gasteiger partial charge in [0.2, 0.25) is 0 Å². The van der Waals surface area contributed by atoms with Crippen molar-refractivity contribution in [1.29, 1.82) is 0 Å². The Bertz CT molecular complexity index is 653. The van der Waals surface area contributed by atoms with Crippen LogP contribution in [-0.2, 0) is 6.18 Å². The molecule has 0 radical (unpaired) electrons. The molecular weight excluding hydrogens is 279 g/mol. The van der Waals surface area contributed by atoms with Gasteiger partial charge in [0, 0.05) is 5.39 Å². The molecule has 0 bridgehead atoms. The number of benzene rings is 1. The summed E-state index contributed by atoms with van der Waals surface area (Å²) in [6.45, 7) is 3.08. The minimum atomic E-state index is -4.54. The Morgan fingerprint density at radius 2 is 1.84 bits per heavy atom. The Balaban J connectivity index is 2.96. The van der Waals surface area contributed by atoms with Crippen molar-refractivity contribution in [1.82, 2.24) is 4.98 Å². The van der Waals surface area contributed by atoms with Crippen molar-refractivity contribution in [3.63, 3.8) is 0 Å². The van der Waals surface area contributed by atoms with Gasteiger partial charge in [-0.05, 0) is 31.0 Å². The molecule has 19 heavy (non-hydrogen) atoms. The molecule has 0 aliphatic rings. The van der Waals surface area contributed by atoms with Crippen LogP contribution in [0.25, 0.3) is 10.9 Å². The summed E-state index contributed by atoms with van der Waals surface area (Å²) in [6.07, 6.45) is -4.54. The van der Waals surface area contributed by atoms with Crippen molar-refractivity contribution in [3.8, 4) is 5.75 Å². The molecule has 2 rings (SSSR count). The molecule has 0 N–H and O–H groups in total. The molecule has 0 unspecified atom stereocenters. The van der Waals surface area contributed by atoms with E-state index in [0.29, 0.717) is 5.39 Å². The second-order valence-electron chi connectivity index (χ2n) is 4.21. The summed E-state index contributed by atoms with van der Waals surface area (Å²) >= 11 is 6.08. The fourth-order valence-electron chi connectivity index (χ4n) is 1.99. The van der Waals surface area contributed by atoms with Crippen LogP contribution in [0.2, 0.25) is 5.02 Å². The largest absolute Gasteiger partial charge is 0.494 e. The molecule has 1 heterocycles. The Kier molecular flexibility index (Phi) is 3.34. The van der Waals surface area contributed by atoms with Crippen LogP contribution in [0.3, 0.4) is 0 Å². The predicted octanol–water partition coefficient (Wildman–Crippen LogP) is 4.53. The summed E-state index contributed by atoms with van der Waals surface area (Å²) in [4.78, 5) is 3.70. The van der Waals surface area contributed by atoms with E-state index >= 15 is 0 Å². The number of nitrogens with zero attached hydrogens (tertiary/aromatic N) is 1. The SMILES string of the molecule is COc1ccc(C)c2c(Cl)c(C)c(C(F)(F)F)nc12. The molecule has 0 saturated carbocycles. The topological polar surface area (TPSA) is 22.1 Å². The molecule has 1 aromatic carbocycles. The molecule has 102 valence electrons. The lowest BCUT2D eigenvalue weighted by Crippen LogP contribution is -2.11. The molecule has 0 aliphatic carbocycles. The number of hydrogen-bond acceptors (Lipinski definition) is 2. The number of aryl methyl sites for hydroxylation is 1. The van der Waals surface area contributed by atoms with Crippen molar-refractivity contribution in [2.24, 2.45) is 0 Å². The van der Waals surface area contributed by atoms with Crippen LogP contribution < -0.4 is 4.74 Å². The quantitative estimate of drug-likeness (QED) is 0.769. The first-order valence-corrected chi connectivity index (χ1v) is 5.85. The second kappa shape index (κ2) is 4.56. The highest BCUT2D eigenvalue weighted by molar-refractivity contribution is 6.36. The number of pyridine rings is 1. The molecule has 2 nitrogen and oxygen atoms in total. The average Bonchev–Trinajstić information content (AvgIpc) is 2.32. The second-order valence-corrected chi connectivity index (χ2v) is 4.58. The third kappa shape index (κ3) is 2.23. The van der Waals surface area contributed by atoms with Gasteiger partial charge in [-0.2, -0.15) is 13.2 Å². The monoisotopic (exact) mass is 289 g/mol. The third-order valence-corrected chi connectivity index (χ3v) is 3.44. The number of alkyl halides is 3. The maximum absolute atomic E-state index is 12.9. The molecule has 2 aromatic rings. The zero-order valence-corrected chi connectivity index (χ0v) is 11.3. The Morgan fingerprint density at radius 1 is 1.21 bits per heavy atom. The van der Waals surface area contributed by atoms with Crippen LogP contribution >= 0.6 is 11.6 Å². The van der Waals surface area contributed by atoms with Gasteiger partial charge >= 0.3 is 6.18 Å². The smallest absolute Gasteiger partial charge is 0.433 e. The van der Waals surface area contributed by atoms with Crippen molar-refractivity contribution < 1.29 is 17.9 Å². The molecule has 0 atom stereocenters. The van der Waals surface area contributed by atoms with E-state index in [-0.39, 0.29) is 21.9 Å². The number of hydrogen-bond donors (Lipinski definition) is 0. The van der Waals surface area contributed by atoms with Crippen LogP contribution in [0.15, 0.2) is 12.1 Å². The number of fused-ring (bicyclic) bond motifs is 1. The summed E-state index contributed by atoms with van der Waals surface area (Å²) in [5.41, 5.74) is -0.164. The third-order valence-electron chi connectivity index (χ3n) is 2.97. The van der Waals surface area contributed by atoms with Gasteiger partial charge in [-0.25, -0.2) is 4.98 Å². The first-order chi connectivity index (χ1) is 8.77. The van der Waals surface area contributed by atoms with Gasteiger partial charge in [0.15, 0.2) is 0 Å². The van der Waals surface area contributed by atoms with Gasteiger partial charge < -0.3 is 4.74 Å². The summed E-state index contributed by atoms with van der Waals surface area (Å²) in [5.74, 6) is 0.271. The molecule has 0 aliphatic heterocycles. The fraction of sp³-hybridized carbons (Fsp3) is 0.308. The van der Waals surface area contributed by atoms with E-state index in [4.69, 9.17) is 16.3 Å². The minimum Gasteiger partial charge on any atom is -0.494 e. The fourth-order valence-corrected chi connectivity index (χ4v) is 2.32. The molecule has 0 fully saturated rings. The first kappa shape index (κ1) is 13.9. The number of rotatable bonds is 1. The van der Waals surface area contributed by atoms with Gasteiger partial charge in [-0.3, -0.25) is 0 Å². The number of aromatic nitrogens is 1. The first-order valence-electron chi connectivity index (χ1n) is 5.48. The molecular formula is C13H11ClF3NO. The number of halogens is 4. The van der Waals surface area contributed by atoms with Gasteiger partial charge in [-0.15, -0.1) is 0 Å². The highest BCUT2D eigenvalue weighted by Crippen LogP contribution is 2.40. The average molecular weight is 290 g/mol. The van der Waals surface area contributed by atoms with Crippen LogP contribution in [-0.4, -0.2) is 12.1 Å². The Labute approximate surface area is 113 Å². The van der Waals surface area contributed by atoms with Gasteiger partial charge in [-0.1, -0.05) is 17.7 Å². The number of methoxy groups -OCH3 is 1. The lowest BCUT2D eigenvalue weighted by atomic mass is 10.0. The van der Waals surface area contributed by atoms with E-state index in [1.807, 2.05) is 0 Å². The summed E-state index contributed by atoms with van der Waals surface area (Å²) in [5, 5.41) is 0.556. The van der Waals surface area contributed by atoms with Crippen LogP contribution in [0.4, 0.5) is 13.2 Å². The van der Waals surface area contributed by atoms with Crippen LogP contribution in [0.1, 0.15) is 16.8 Å². The highest BCUT2D eigenvalue weighted by Gasteiger charge is 2.36.